The summed E-state index contributed by atoms with van der Waals surface area (Å²) in [5.74, 6) is 0. The van der Waals surface area contributed by atoms with E-state index in [1.807, 2.05) is 0 Å². The van der Waals surface area contributed by atoms with Crippen LogP contribution in [-0.2, 0) is 17.1 Å². The number of hydrogen-bond acceptors (Lipinski definition) is 0. The third kappa shape index (κ3) is 3.13. The average Bonchev–Trinajstić information content (AvgIpc) is 1.72. The van der Waals surface area contributed by atoms with Crippen molar-refractivity contribution in [2.75, 3.05) is 0 Å². The van der Waals surface area contributed by atoms with Gasteiger partial charge in [-0.2, -0.15) is 12.8 Å². The Hall–Kier alpha value is 0.519. The molecule has 0 nitrogen and oxygen atoms in total. The summed E-state index contributed by atoms with van der Waals surface area (Å²) in [6, 6.07) is 0. The molecule has 1 rings (SSSR count). The Morgan fingerprint density at radius 3 is 1.57 bits per heavy atom. The first-order valence-electron chi connectivity index (χ1n) is 2.82. The van der Waals surface area contributed by atoms with Crippen molar-refractivity contribution in [1.82, 2.24) is 0 Å². The van der Waals surface area contributed by atoms with Gasteiger partial charge < -0.3 is 6.42 Å². The molecule has 0 aromatic carbocycles. The van der Waals surface area contributed by atoms with Crippen molar-refractivity contribution in [1.29, 1.82) is 0 Å². The van der Waals surface area contributed by atoms with Gasteiger partial charge in [0.05, 0.1) is 0 Å². The largest absolute Gasteiger partial charge is 1.00 e. The van der Waals surface area contributed by atoms with Gasteiger partial charge in [0.15, 0.2) is 0 Å². The molecule has 7 heavy (non-hydrogen) atoms. The summed E-state index contributed by atoms with van der Waals surface area (Å²) in [7, 11) is 0. The van der Waals surface area contributed by atoms with Gasteiger partial charge in [0, 0.05) is 0 Å². The topological polar surface area (TPSA) is 0 Å². The van der Waals surface area contributed by atoms with Crippen LogP contribution in [0.4, 0.5) is 0 Å². The minimum Gasteiger partial charge on any atom is -0.328 e. The molecule has 0 N–H and O–H groups in total. The van der Waals surface area contributed by atoms with Crippen LogP contribution < -0.4 is 0 Å². The van der Waals surface area contributed by atoms with Gasteiger partial charge in [-0.05, 0) is 0 Å². The van der Waals surface area contributed by atoms with Gasteiger partial charge in [-0.15, -0.1) is 0 Å². The standard InChI is InChI=1S/C6H11.Cu/c1-2-4-6-5-3-1;/h1H,2-6H2;/q-1;+1. The van der Waals surface area contributed by atoms with E-state index in [0.29, 0.717) is 0 Å². The van der Waals surface area contributed by atoms with E-state index in [4.69, 9.17) is 0 Å². The molecular weight excluding hydrogens is 136 g/mol. The van der Waals surface area contributed by atoms with E-state index in [1.54, 1.807) is 0 Å². The van der Waals surface area contributed by atoms with E-state index in [9.17, 15) is 0 Å². The molecule has 0 aromatic rings. The van der Waals surface area contributed by atoms with Crippen LogP contribution >= 0.6 is 0 Å². The van der Waals surface area contributed by atoms with Crippen LogP contribution in [0.25, 0.3) is 0 Å². The molecule has 0 amide bonds. The molecule has 0 bridgehead atoms. The predicted molar refractivity (Wildman–Crippen MR) is 27.4 cm³/mol. The zero-order valence-corrected chi connectivity index (χ0v) is 5.36. The Balaban J connectivity index is 0.000000360. The fourth-order valence-corrected chi connectivity index (χ4v) is 0.898. The van der Waals surface area contributed by atoms with Crippen molar-refractivity contribution in [2.45, 2.75) is 32.1 Å². The molecule has 0 radical (unpaired) electrons. The molecule has 0 aromatic heterocycles. The number of hydrogen-bond donors (Lipinski definition) is 0. The SMILES string of the molecule is [CH-]1CCCCC1.[Cu+]. The normalized spacial score (nSPS) is 20.6. The van der Waals surface area contributed by atoms with Gasteiger partial charge in [-0.1, -0.05) is 19.3 Å². The molecule has 1 fully saturated rings. The van der Waals surface area contributed by atoms with Crippen LogP contribution in [0.5, 0.6) is 0 Å². The molecule has 1 aliphatic carbocycles. The summed E-state index contributed by atoms with van der Waals surface area (Å²) in [5, 5.41) is 0. The van der Waals surface area contributed by atoms with Crippen molar-refractivity contribution >= 4 is 0 Å². The molecule has 0 spiro atoms. The van der Waals surface area contributed by atoms with Crippen LogP contribution in [0.2, 0.25) is 0 Å². The van der Waals surface area contributed by atoms with E-state index < -0.39 is 0 Å². The van der Waals surface area contributed by atoms with Crippen LogP contribution in [0.1, 0.15) is 32.1 Å². The van der Waals surface area contributed by atoms with Crippen molar-refractivity contribution in [3.8, 4) is 0 Å². The quantitative estimate of drug-likeness (QED) is 0.363. The predicted octanol–water partition coefficient (Wildman–Crippen LogP) is 2.15. The van der Waals surface area contributed by atoms with E-state index in [1.165, 1.54) is 32.1 Å². The molecule has 0 atom stereocenters. The monoisotopic (exact) mass is 146 g/mol. The summed E-state index contributed by atoms with van der Waals surface area (Å²) in [6.07, 6.45) is 9.50. The van der Waals surface area contributed by atoms with Crippen LogP contribution in [0.15, 0.2) is 0 Å². The van der Waals surface area contributed by atoms with Crippen molar-refractivity contribution in [3.63, 3.8) is 0 Å². The van der Waals surface area contributed by atoms with Gasteiger partial charge in [-0.25, -0.2) is 0 Å². The molecule has 1 heteroatoms. The maximum absolute atomic E-state index is 2.39. The molecule has 1 aliphatic rings. The zero-order valence-electron chi connectivity index (χ0n) is 4.41. The first-order chi connectivity index (χ1) is 3.00. The van der Waals surface area contributed by atoms with Crippen molar-refractivity contribution in [2.24, 2.45) is 0 Å². The van der Waals surface area contributed by atoms with Crippen molar-refractivity contribution < 1.29 is 17.1 Å². The maximum atomic E-state index is 2.39. The Morgan fingerprint density at radius 2 is 1.43 bits per heavy atom. The fraction of sp³-hybridized carbons (Fsp3) is 0.833. The Labute approximate surface area is 56.2 Å². The first-order valence-corrected chi connectivity index (χ1v) is 2.82. The van der Waals surface area contributed by atoms with Gasteiger partial charge in [0.25, 0.3) is 0 Å². The Morgan fingerprint density at radius 1 is 0.857 bits per heavy atom. The van der Waals surface area contributed by atoms with Crippen LogP contribution in [-0.4, -0.2) is 0 Å². The van der Waals surface area contributed by atoms with Gasteiger partial charge in [-0.3, -0.25) is 0 Å². The Bertz CT molecular complexity index is 19.7. The molecule has 1 saturated carbocycles. The minimum absolute atomic E-state index is 0. The summed E-state index contributed by atoms with van der Waals surface area (Å²) in [4.78, 5) is 0. The van der Waals surface area contributed by atoms with E-state index in [2.05, 4.69) is 6.42 Å². The second kappa shape index (κ2) is 4.67. The average molecular weight is 147 g/mol. The van der Waals surface area contributed by atoms with E-state index in [-0.39, 0.29) is 17.1 Å². The van der Waals surface area contributed by atoms with Crippen LogP contribution in [0.3, 0.4) is 0 Å². The number of rotatable bonds is 0. The second-order valence-corrected chi connectivity index (χ2v) is 1.93. The van der Waals surface area contributed by atoms with Gasteiger partial charge in [0.2, 0.25) is 0 Å². The molecule has 0 unspecified atom stereocenters. The Kier molecular flexibility index (Phi) is 5.02. The van der Waals surface area contributed by atoms with Gasteiger partial charge in [0.1, 0.15) is 0 Å². The summed E-state index contributed by atoms with van der Waals surface area (Å²) >= 11 is 0. The third-order valence-corrected chi connectivity index (χ3v) is 1.32. The van der Waals surface area contributed by atoms with E-state index >= 15 is 0 Å². The summed E-state index contributed by atoms with van der Waals surface area (Å²) in [5.41, 5.74) is 0. The van der Waals surface area contributed by atoms with E-state index in [0.717, 1.165) is 0 Å². The first kappa shape index (κ1) is 7.52. The minimum atomic E-state index is 0. The fourth-order valence-electron chi connectivity index (χ4n) is 0.898. The maximum Gasteiger partial charge on any atom is 1.00 e. The molecule has 0 saturated heterocycles. The summed E-state index contributed by atoms with van der Waals surface area (Å²) < 4.78 is 0. The zero-order chi connectivity index (χ0) is 4.24. The van der Waals surface area contributed by atoms with Gasteiger partial charge >= 0.3 is 17.1 Å². The molecule has 0 heterocycles. The van der Waals surface area contributed by atoms with Crippen LogP contribution in [0, 0.1) is 6.42 Å². The van der Waals surface area contributed by atoms with Crippen molar-refractivity contribution in [3.05, 3.63) is 6.42 Å². The second-order valence-electron chi connectivity index (χ2n) is 1.93. The third-order valence-electron chi connectivity index (χ3n) is 1.32. The molecule has 46 valence electrons. The molecule has 0 aliphatic heterocycles. The summed E-state index contributed by atoms with van der Waals surface area (Å²) in [6.45, 7) is 0. The molecular formula is C6H11Cu. The smallest absolute Gasteiger partial charge is 0.328 e.